The fourth-order valence-corrected chi connectivity index (χ4v) is 1.98. The van der Waals surface area contributed by atoms with Crippen molar-refractivity contribution >= 4 is 21.6 Å². The zero-order valence-electron chi connectivity index (χ0n) is 7.34. The van der Waals surface area contributed by atoms with Gasteiger partial charge in [0, 0.05) is 25.1 Å². The van der Waals surface area contributed by atoms with E-state index in [4.69, 9.17) is 21.5 Å². The zero-order valence-corrected chi connectivity index (χ0v) is 8.92. The Hall–Kier alpha value is -0.690. The Morgan fingerprint density at radius 2 is 2.21 bits per heavy atom. The molecule has 0 aliphatic carbocycles. The second-order valence-electron chi connectivity index (χ2n) is 2.59. The number of nitrogens with two attached hydrogens (primary N) is 1. The van der Waals surface area contributed by atoms with Crippen LogP contribution in [0.1, 0.15) is 11.0 Å². The van der Waals surface area contributed by atoms with Gasteiger partial charge in [-0.2, -0.15) is 0 Å². The molecule has 0 radical (unpaired) electrons. The first kappa shape index (κ1) is 11.4. The molecule has 0 saturated carbocycles. The average Bonchev–Trinajstić information content (AvgIpc) is 2.02. The molecule has 0 fully saturated rings. The Labute approximate surface area is 86.9 Å². The van der Waals surface area contributed by atoms with E-state index in [2.05, 4.69) is 4.98 Å². The Morgan fingerprint density at radius 3 is 2.64 bits per heavy atom. The molecule has 78 valence electrons. The van der Waals surface area contributed by atoms with Crippen molar-refractivity contribution in [3.05, 3.63) is 29.0 Å². The molecule has 1 rings (SSSR count). The van der Waals surface area contributed by atoms with Gasteiger partial charge in [0.15, 0.2) is 5.44 Å². The minimum atomic E-state index is -3.81. The summed E-state index contributed by atoms with van der Waals surface area (Å²) in [6.07, 6.45) is 2.73. The monoisotopic (exact) mass is 236 g/mol. The van der Waals surface area contributed by atoms with Gasteiger partial charge < -0.3 is 4.74 Å². The molecule has 0 spiro atoms. The second-order valence-corrected chi connectivity index (χ2v) is 4.64. The molecular formula is C7H9ClN2O3S. The van der Waals surface area contributed by atoms with Crippen LogP contribution >= 0.6 is 11.6 Å². The van der Waals surface area contributed by atoms with Crippen LogP contribution in [-0.4, -0.2) is 20.5 Å². The molecule has 1 aromatic rings. The number of nitrogens with zero attached hydrogens (tertiary/aromatic N) is 1. The van der Waals surface area contributed by atoms with Gasteiger partial charge in [0.1, 0.15) is 0 Å². The van der Waals surface area contributed by atoms with Crippen molar-refractivity contribution in [1.82, 2.24) is 4.98 Å². The predicted molar refractivity (Wildman–Crippen MR) is 52.1 cm³/mol. The van der Waals surface area contributed by atoms with Crippen molar-refractivity contribution in [2.45, 2.75) is 5.44 Å². The molecular weight excluding hydrogens is 228 g/mol. The summed E-state index contributed by atoms with van der Waals surface area (Å²) in [6.45, 7) is 0. The van der Waals surface area contributed by atoms with Crippen molar-refractivity contribution in [1.29, 1.82) is 0 Å². The van der Waals surface area contributed by atoms with Crippen LogP contribution in [0.3, 0.4) is 0 Å². The van der Waals surface area contributed by atoms with Gasteiger partial charge in [0.05, 0.1) is 5.02 Å². The van der Waals surface area contributed by atoms with E-state index in [1.807, 2.05) is 0 Å². The van der Waals surface area contributed by atoms with Crippen LogP contribution in [0.5, 0.6) is 0 Å². The molecule has 0 aromatic carbocycles. The zero-order chi connectivity index (χ0) is 10.8. The summed E-state index contributed by atoms with van der Waals surface area (Å²) in [7, 11) is -2.56. The number of hydrogen-bond acceptors (Lipinski definition) is 4. The number of rotatable bonds is 3. The van der Waals surface area contributed by atoms with Gasteiger partial charge in [-0.1, -0.05) is 11.6 Å². The van der Waals surface area contributed by atoms with Gasteiger partial charge in [0.2, 0.25) is 10.0 Å². The predicted octanol–water partition coefficient (Wildman–Crippen LogP) is 0.669. The number of hydrogen-bond donors (Lipinski definition) is 1. The highest BCUT2D eigenvalue weighted by Gasteiger charge is 2.23. The standard InChI is InChI=1S/C7H9ClN2O3S/c1-13-7(14(9,11)12)5-2-6(8)4-10-3-5/h2-4,7H,1H3,(H2,9,11,12). The molecule has 0 bridgehead atoms. The highest BCUT2D eigenvalue weighted by atomic mass is 35.5. The molecule has 7 heteroatoms. The molecule has 1 unspecified atom stereocenters. The summed E-state index contributed by atoms with van der Waals surface area (Å²) in [5.74, 6) is 0. The Kier molecular flexibility index (Phi) is 3.43. The quantitative estimate of drug-likeness (QED) is 0.836. The van der Waals surface area contributed by atoms with Gasteiger partial charge in [-0.3, -0.25) is 4.98 Å². The van der Waals surface area contributed by atoms with E-state index in [0.717, 1.165) is 0 Å². The third-order valence-electron chi connectivity index (χ3n) is 1.51. The Bertz CT molecular complexity index is 421. The number of aromatic nitrogens is 1. The van der Waals surface area contributed by atoms with Crippen molar-refractivity contribution in [3.8, 4) is 0 Å². The molecule has 1 atom stereocenters. The first-order valence-corrected chi connectivity index (χ1v) is 5.58. The SMILES string of the molecule is COC(c1cncc(Cl)c1)S(N)(=O)=O. The summed E-state index contributed by atoms with van der Waals surface area (Å²) < 4.78 is 26.9. The maximum atomic E-state index is 11.1. The van der Waals surface area contributed by atoms with Crippen LogP contribution in [0, 0.1) is 0 Å². The summed E-state index contributed by atoms with van der Waals surface area (Å²) in [6, 6.07) is 1.44. The number of halogens is 1. The third-order valence-corrected chi connectivity index (χ3v) is 2.78. The van der Waals surface area contributed by atoms with Gasteiger partial charge >= 0.3 is 0 Å². The van der Waals surface area contributed by atoms with Crippen molar-refractivity contribution in [2.75, 3.05) is 7.11 Å². The van der Waals surface area contributed by atoms with Gasteiger partial charge in [0.25, 0.3) is 0 Å². The summed E-state index contributed by atoms with van der Waals surface area (Å²) in [5.41, 5.74) is -0.920. The Morgan fingerprint density at radius 1 is 1.57 bits per heavy atom. The van der Waals surface area contributed by atoms with Gasteiger partial charge in [-0.25, -0.2) is 13.6 Å². The van der Waals surface area contributed by atoms with E-state index >= 15 is 0 Å². The molecule has 5 nitrogen and oxygen atoms in total. The lowest BCUT2D eigenvalue weighted by molar-refractivity contribution is 0.165. The fourth-order valence-electron chi connectivity index (χ4n) is 1.02. The second kappa shape index (κ2) is 4.22. The first-order chi connectivity index (χ1) is 6.45. The smallest absolute Gasteiger partial charge is 0.240 e. The number of primary sulfonamides is 1. The molecule has 0 amide bonds. The molecule has 1 aromatic heterocycles. The van der Waals surface area contributed by atoms with Crippen molar-refractivity contribution < 1.29 is 13.2 Å². The van der Waals surface area contributed by atoms with E-state index in [1.165, 1.54) is 25.6 Å². The van der Waals surface area contributed by atoms with Gasteiger partial charge in [-0.15, -0.1) is 0 Å². The van der Waals surface area contributed by atoms with Crippen LogP contribution in [0.2, 0.25) is 5.02 Å². The molecule has 1 heterocycles. The molecule has 2 N–H and O–H groups in total. The molecule has 0 saturated heterocycles. The number of pyridine rings is 1. The van der Waals surface area contributed by atoms with E-state index in [1.54, 1.807) is 0 Å². The largest absolute Gasteiger partial charge is 0.359 e. The van der Waals surface area contributed by atoms with Crippen LogP contribution in [0.15, 0.2) is 18.5 Å². The summed E-state index contributed by atoms with van der Waals surface area (Å²) in [4.78, 5) is 3.73. The lowest BCUT2D eigenvalue weighted by Crippen LogP contribution is -2.23. The topological polar surface area (TPSA) is 82.3 Å². The molecule has 0 aliphatic heterocycles. The molecule has 0 aliphatic rings. The highest BCUT2D eigenvalue weighted by molar-refractivity contribution is 7.89. The summed E-state index contributed by atoms with van der Waals surface area (Å²) in [5, 5.41) is 5.28. The minimum absolute atomic E-state index is 0.308. The summed E-state index contributed by atoms with van der Waals surface area (Å²) >= 11 is 5.64. The molecule has 14 heavy (non-hydrogen) atoms. The average molecular weight is 237 g/mol. The van der Waals surface area contributed by atoms with E-state index in [0.29, 0.717) is 10.6 Å². The first-order valence-electron chi connectivity index (χ1n) is 3.60. The number of sulfonamides is 1. The van der Waals surface area contributed by atoms with Crippen molar-refractivity contribution in [3.63, 3.8) is 0 Å². The van der Waals surface area contributed by atoms with E-state index in [-0.39, 0.29) is 0 Å². The van der Waals surface area contributed by atoms with Crippen LogP contribution < -0.4 is 5.14 Å². The maximum Gasteiger partial charge on any atom is 0.240 e. The Balaban J connectivity index is 3.14. The number of methoxy groups -OCH3 is 1. The van der Waals surface area contributed by atoms with Crippen molar-refractivity contribution in [2.24, 2.45) is 5.14 Å². The lowest BCUT2D eigenvalue weighted by Gasteiger charge is -2.12. The maximum absolute atomic E-state index is 11.1. The fraction of sp³-hybridized carbons (Fsp3) is 0.286. The van der Waals surface area contributed by atoms with E-state index < -0.39 is 15.5 Å². The van der Waals surface area contributed by atoms with Crippen LogP contribution in [0.4, 0.5) is 0 Å². The lowest BCUT2D eigenvalue weighted by atomic mass is 10.3. The third kappa shape index (κ3) is 2.65. The van der Waals surface area contributed by atoms with Crippen LogP contribution in [0.25, 0.3) is 0 Å². The van der Waals surface area contributed by atoms with Crippen LogP contribution in [-0.2, 0) is 14.8 Å². The normalized spacial score (nSPS) is 13.9. The van der Waals surface area contributed by atoms with Gasteiger partial charge in [-0.05, 0) is 6.07 Å². The minimum Gasteiger partial charge on any atom is -0.359 e. The number of ether oxygens (including phenoxy) is 1. The highest BCUT2D eigenvalue weighted by Crippen LogP contribution is 2.22. The van der Waals surface area contributed by atoms with E-state index in [9.17, 15) is 8.42 Å².